The van der Waals surface area contributed by atoms with E-state index in [1.54, 1.807) is 6.07 Å². The summed E-state index contributed by atoms with van der Waals surface area (Å²) in [5.74, 6) is 0.731. The van der Waals surface area contributed by atoms with E-state index in [9.17, 15) is 4.79 Å². The van der Waals surface area contributed by atoms with Gasteiger partial charge < -0.3 is 4.90 Å². The number of carbonyl (C=O) groups excluding carboxylic acids is 1. The molecule has 0 saturated carbocycles. The maximum Gasteiger partial charge on any atom is 0.253 e. The van der Waals surface area contributed by atoms with E-state index in [1.807, 2.05) is 17.0 Å². The Morgan fingerprint density at radius 2 is 2.32 bits per heavy atom. The van der Waals surface area contributed by atoms with Crippen molar-refractivity contribution in [2.24, 2.45) is 5.92 Å². The number of nitrogens with zero attached hydrogens (tertiary/aromatic N) is 1. The highest BCUT2D eigenvalue weighted by Crippen LogP contribution is 2.24. The molecule has 1 unspecified atom stereocenters. The first-order valence-electron chi connectivity index (χ1n) is 6.42. The van der Waals surface area contributed by atoms with E-state index in [-0.39, 0.29) is 5.91 Å². The first-order chi connectivity index (χ1) is 9.11. The molecule has 0 aliphatic carbocycles. The molecule has 0 bridgehead atoms. The number of amides is 1. The zero-order valence-electron chi connectivity index (χ0n) is 10.5. The van der Waals surface area contributed by atoms with E-state index in [0.717, 1.165) is 34.8 Å². The molecule has 104 valence electrons. The summed E-state index contributed by atoms with van der Waals surface area (Å²) in [6.45, 7) is 1.73. The maximum absolute atomic E-state index is 12.5. The van der Waals surface area contributed by atoms with E-state index in [4.69, 9.17) is 11.6 Å². The summed E-state index contributed by atoms with van der Waals surface area (Å²) in [6, 6.07) is 5.54. The molecule has 0 radical (unpaired) electrons. The minimum Gasteiger partial charge on any atom is -0.338 e. The van der Waals surface area contributed by atoms with Gasteiger partial charge in [0.1, 0.15) is 0 Å². The van der Waals surface area contributed by atoms with Gasteiger partial charge in [0.05, 0.1) is 5.02 Å². The number of carbonyl (C=O) groups is 1. The highest BCUT2D eigenvalue weighted by atomic mass is 127. The van der Waals surface area contributed by atoms with Crippen molar-refractivity contribution >= 4 is 56.0 Å². The van der Waals surface area contributed by atoms with Gasteiger partial charge in [-0.2, -0.15) is 0 Å². The van der Waals surface area contributed by atoms with Crippen LogP contribution < -0.4 is 0 Å². The summed E-state index contributed by atoms with van der Waals surface area (Å²) >= 11 is 11.7. The van der Waals surface area contributed by atoms with E-state index >= 15 is 0 Å². The third-order valence-corrected chi connectivity index (χ3v) is 5.52. The lowest BCUT2D eigenvalue weighted by atomic mass is 9.95. The molecule has 1 amide bonds. The smallest absolute Gasteiger partial charge is 0.253 e. The number of likely N-dealkylation sites (tertiary alicyclic amines) is 1. The molecule has 1 fully saturated rings. The van der Waals surface area contributed by atoms with Crippen LogP contribution in [0.1, 0.15) is 29.6 Å². The summed E-state index contributed by atoms with van der Waals surface area (Å²) in [4.78, 5) is 14.4. The van der Waals surface area contributed by atoms with Crippen LogP contribution in [0.25, 0.3) is 0 Å². The van der Waals surface area contributed by atoms with E-state index < -0.39 is 0 Å². The Bertz CT molecular complexity index is 467. The molecule has 1 aliphatic rings. The SMILES string of the molecule is O=C(c1ccc(I)c(Cl)c1)N1CCCC(CCBr)C1. The van der Waals surface area contributed by atoms with Crippen molar-refractivity contribution in [2.45, 2.75) is 19.3 Å². The predicted octanol–water partition coefficient (Wildman–Crippen LogP) is 4.58. The molecule has 1 aromatic carbocycles. The Morgan fingerprint density at radius 3 is 3.00 bits per heavy atom. The number of halogens is 3. The van der Waals surface area contributed by atoms with Gasteiger partial charge >= 0.3 is 0 Å². The quantitative estimate of drug-likeness (QED) is 0.482. The van der Waals surface area contributed by atoms with E-state index in [0.29, 0.717) is 16.5 Å². The van der Waals surface area contributed by atoms with Gasteiger partial charge in [-0.05, 0) is 66.0 Å². The fraction of sp³-hybridized carbons (Fsp3) is 0.500. The summed E-state index contributed by atoms with van der Waals surface area (Å²) in [7, 11) is 0. The minimum atomic E-state index is 0.109. The first-order valence-corrected chi connectivity index (χ1v) is 9.00. The van der Waals surface area contributed by atoms with Crippen LogP contribution in [0.15, 0.2) is 18.2 Å². The molecule has 2 rings (SSSR count). The second-order valence-corrected chi connectivity index (χ2v) is 7.23. The predicted molar refractivity (Wildman–Crippen MR) is 91.2 cm³/mol. The van der Waals surface area contributed by atoms with Crippen molar-refractivity contribution in [1.29, 1.82) is 0 Å². The molecular formula is C14H16BrClINO. The van der Waals surface area contributed by atoms with Gasteiger partial charge in [-0.3, -0.25) is 4.79 Å². The van der Waals surface area contributed by atoms with Crippen molar-refractivity contribution in [3.05, 3.63) is 32.4 Å². The van der Waals surface area contributed by atoms with Gasteiger partial charge in [-0.1, -0.05) is 27.5 Å². The molecule has 2 nitrogen and oxygen atoms in total. The molecule has 0 spiro atoms. The molecule has 0 N–H and O–H groups in total. The summed E-state index contributed by atoms with van der Waals surface area (Å²) < 4.78 is 0.978. The molecule has 1 heterocycles. The topological polar surface area (TPSA) is 20.3 Å². The highest BCUT2D eigenvalue weighted by molar-refractivity contribution is 14.1. The van der Waals surface area contributed by atoms with Crippen molar-refractivity contribution in [1.82, 2.24) is 4.90 Å². The number of rotatable bonds is 3. The van der Waals surface area contributed by atoms with E-state index in [2.05, 4.69) is 38.5 Å². The van der Waals surface area contributed by atoms with Crippen molar-refractivity contribution in [3.63, 3.8) is 0 Å². The third-order valence-electron chi connectivity index (χ3n) is 3.49. The summed E-state index contributed by atoms with van der Waals surface area (Å²) in [5, 5.41) is 1.66. The average molecular weight is 457 g/mol. The van der Waals surface area contributed by atoms with Crippen molar-refractivity contribution in [2.75, 3.05) is 18.4 Å². The average Bonchev–Trinajstić information content (AvgIpc) is 2.42. The summed E-state index contributed by atoms with van der Waals surface area (Å²) in [6.07, 6.45) is 3.46. The lowest BCUT2D eigenvalue weighted by Gasteiger charge is -2.32. The number of hydrogen-bond acceptors (Lipinski definition) is 1. The molecule has 1 saturated heterocycles. The molecule has 1 aliphatic heterocycles. The lowest BCUT2D eigenvalue weighted by molar-refractivity contribution is 0.0672. The Hall–Kier alpha value is 0.190. The summed E-state index contributed by atoms with van der Waals surface area (Å²) in [5.41, 5.74) is 0.699. The van der Waals surface area contributed by atoms with Gasteiger partial charge in [0, 0.05) is 27.6 Å². The third kappa shape index (κ3) is 4.08. The second-order valence-electron chi connectivity index (χ2n) is 4.87. The van der Waals surface area contributed by atoms with Crippen molar-refractivity contribution in [3.8, 4) is 0 Å². The molecule has 5 heteroatoms. The number of piperidine rings is 1. The standard InChI is InChI=1S/C14H16BrClINO/c15-6-5-10-2-1-7-18(9-10)14(19)11-3-4-13(17)12(16)8-11/h3-4,8,10H,1-2,5-7,9H2. The Kier molecular flexibility index (Phi) is 5.96. The van der Waals surface area contributed by atoms with Crippen LogP contribution in [0.4, 0.5) is 0 Å². The Morgan fingerprint density at radius 1 is 1.53 bits per heavy atom. The monoisotopic (exact) mass is 455 g/mol. The highest BCUT2D eigenvalue weighted by Gasteiger charge is 2.24. The lowest BCUT2D eigenvalue weighted by Crippen LogP contribution is -2.40. The van der Waals surface area contributed by atoms with Gasteiger partial charge in [-0.25, -0.2) is 0 Å². The second kappa shape index (κ2) is 7.27. The van der Waals surface area contributed by atoms with Crippen LogP contribution in [-0.2, 0) is 0 Å². The fourth-order valence-corrected chi connectivity index (χ4v) is 3.61. The fourth-order valence-electron chi connectivity index (χ4n) is 2.45. The van der Waals surface area contributed by atoms with Crippen LogP contribution in [0.5, 0.6) is 0 Å². The normalized spacial score (nSPS) is 19.5. The van der Waals surface area contributed by atoms with Crippen LogP contribution >= 0.6 is 50.1 Å². The van der Waals surface area contributed by atoms with Crippen LogP contribution in [0.2, 0.25) is 5.02 Å². The molecular weight excluding hydrogens is 440 g/mol. The maximum atomic E-state index is 12.5. The molecule has 1 atom stereocenters. The van der Waals surface area contributed by atoms with Crippen LogP contribution in [0.3, 0.4) is 0 Å². The molecule has 1 aromatic rings. The van der Waals surface area contributed by atoms with Crippen molar-refractivity contribution < 1.29 is 4.79 Å². The number of alkyl halides is 1. The van der Waals surface area contributed by atoms with Gasteiger partial charge in [0.2, 0.25) is 0 Å². The zero-order chi connectivity index (χ0) is 13.8. The van der Waals surface area contributed by atoms with Crippen LogP contribution in [0, 0.1) is 9.49 Å². The Labute approximate surface area is 141 Å². The zero-order valence-corrected chi connectivity index (χ0v) is 15.0. The number of benzene rings is 1. The van der Waals surface area contributed by atoms with Gasteiger partial charge in [0.25, 0.3) is 5.91 Å². The van der Waals surface area contributed by atoms with Gasteiger partial charge in [-0.15, -0.1) is 0 Å². The minimum absolute atomic E-state index is 0.109. The molecule has 19 heavy (non-hydrogen) atoms. The molecule has 0 aromatic heterocycles. The largest absolute Gasteiger partial charge is 0.338 e. The van der Waals surface area contributed by atoms with E-state index in [1.165, 1.54) is 6.42 Å². The number of hydrogen-bond donors (Lipinski definition) is 0. The van der Waals surface area contributed by atoms with Gasteiger partial charge in [0.15, 0.2) is 0 Å². The Balaban J connectivity index is 2.08. The first kappa shape index (κ1) is 15.6. The van der Waals surface area contributed by atoms with Crippen LogP contribution in [-0.4, -0.2) is 29.2 Å².